The highest BCUT2D eigenvalue weighted by Crippen LogP contribution is 2.15. The van der Waals surface area contributed by atoms with Crippen LogP contribution in [0.4, 0.5) is 0 Å². The Hall–Kier alpha value is -0.410. The summed E-state index contributed by atoms with van der Waals surface area (Å²) in [6.45, 7) is 4.34. The van der Waals surface area contributed by atoms with E-state index in [-0.39, 0.29) is 0 Å². The third-order valence-corrected chi connectivity index (χ3v) is 3.01. The molecule has 1 aromatic rings. The zero-order chi connectivity index (χ0) is 8.97. The number of thiazole rings is 1. The maximum Gasteiger partial charge on any atom is 0.0794 e. The quantitative estimate of drug-likeness (QED) is 0.778. The fourth-order valence-electron chi connectivity index (χ4n) is 1.21. The molecule has 0 fully saturated rings. The molecule has 0 aliphatic carbocycles. The lowest BCUT2D eigenvalue weighted by molar-refractivity contribution is 0.444. The summed E-state index contributed by atoms with van der Waals surface area (Å²) >= 11 is 1.71. The molecule has 0 bridgehead atoms. The first-order valence-electron chi connectivity index (χ1n) is 4.37. The van der Waals surface area contributed by atoms with Gasteiger partial charge >= 0.3 is 0 Å². The summed E-state index contributed by atoms with van der Waals surface area (Å²) in [5.41, 5.74) is 7.79. The molecule has 0 spiro atoms. The van der Waals surface area contributed by atoms with Gasteiger partial charge in [0.05, 0.1) is 5.51 Å². The maximum atomic E-state index is 5.92. The van der Waals surface area contributed by atoms with Crippen molar-refractivity contribution < 1.29 is 0 Å². The Morgan fingerprint density at radius 1 is 1.67 bits per heavy atom. The zero-order valence-electron chi connectivity index (χ0n) is 7.66. The Kier molecular flexibility index (Phi) is 3.69. The van der Waals surface area contributed by atoms with Gasteiger partial charge in [0, 0.05) is 17.1 Å². The highest BCUT2D eigenvalue weighted by atomic mass is 32.1. The summed E-state index contributed by atoms with van der Waals surface area (Å²) in [6, 6.07) is 0.326. The van der Waals surface area contributed by atoms with Crippen molar-refractivity contribution in [2.45, 2.75) is 32.7 Å². The molecule has 0 aliphatic heterocycles. The fraction of sp³-hybridized carbons (Fsp3) is 0.667. The van der Waals surface area contributed by atoms with Gasteiger partial charge in [-0.3, -0.25) is 4.98 Å². The minimum absolute atomic E-state index is 0.326. The van der Waals surface area contributed by atoms with E-state index in [0.717, 1.165) is 12.8 Å². The molecule has 0 amide bonds. The standard InChI is InChI=1S/C9H16N2S/c1-3-9(10)7(2)4-8-5-11-6-12-8/h5-7,9H,3-4,10H2,1-2H3. The largest absolute Gasteiger partial charge is 0.327 e. The van der Waals surface area contributed by atoms with Crippen LogP contribution in [0.2, 0.25) is 0 Å². The summed E-state index contributed by atoms with van der Waals surface area (Å²) in [6.07, 6.45) is 4.06. The molecule has 68 valence electrons. The highest BCUT2D eigenvalue weighted by Gasteiger charge is 2.11. The summed E-state index contributed by atoms with van der Waals surface area (Å²) in [7, 11) is 0. The van der Waals surface area contributed by atoms with Crippen LogP contribution < -0.4 is 5.73 Å². The van der Waals surface area contributed by atoms with E-state index in [1.54, 1.807) is 11.3 Å². The Morgan fingerprint density at radius 3 is 2.92 bits per heavy atom. The van der Waals surface area contributed by atoms with Crippen molar-refractivity contribution in [1.82, 2.24) is 4.98 Å². The highest BCUT2D eigenvalue weighted by molar-refractivity contribution is 7.09. The van der Waals surface area contributed by atoms with E-state index >= 15 is 0 Å². The van der Waals surface area contributed by atoms with Gasteiger partial charge in [-0.1, -0.05) is 13.8 Å². The van der Waals surface area contributed by atoms with Crippen LogP contribution in [0.15, 0.2) is 11.7 Å². The van der Waals surface area contributed by atoms with E-state index in [1.807, 2.05) is 11.7 Å². The second-order valence-electron chi connectivity index (χ2n) is 3.22. The molecular formula is C9H16N2S. The lowest BCUT2D eigenvalue weighted by Gasteiger charge is -2.16. The van der Waals surface area contributed by atoms with Crippen LogP contribution in [-0.2, 0) is 6.42 Å². The zero-order valence-corrected chi connectivity index (χ0v) is 8.47. The van der Waals surface area contributed by atoms with Crippen molar-refractivity contribution in [3.63, 3.8) is 0 Å². The van der Waals surface area contributed by atoms with Crippen LogP contribution in [0, 0.1) is 5.92 Å². The summed E-state index contributed by atoms with van der Waals surface area (Å²) in [4.78, 5) is 5.38. The third-order valence-electron chi connectivity index (χ3n) is 2.21. The Morgan fingerprint density at radius 2 is 2.42 bits per heavy atom. The van der Waals surface area contributed by atoms with Gasteiger partial charge in [0.2, 0.25) is 0 Å². The van der Waals surface area contributed by atoms with E-state index in [9.17, 15) is 0 Å². The number of nitrogens with zero attached hydrogens (tertiary/aromatic N) is 1. The number of hydrogen-bond donors (Lipinski definition) is 1. The van der Waals surface area contributed by atoms with E-state index in [0.29, 0.717) is 12.0 Å². The molecule has 1 rings (SSSR count). The van der Waals surface area contributed by atoms with Crippen molar-refractivity contribution in [2.24, 2.45) is 11.7 Å². The van der Waals surface area contributed by atoms with Gasteiger partial charge in [0.15, 0.2) is 0 Å². The Balaban J connectivity index is 2.41. The fourth-order valence-corrected chi connectivity index (χ4v) is 1.95. The van der Waals surface area contributed by atoms with Crippen LogP contribution in [0.3, 0.4) is 0 Å². The number of hydrogen-bond acceptors (Lipinski definition) is 3. The van der Waals surface area contributed by atoms with Crippen molar-refractivity contribution in [2.75, 3.05) is 0 Å². The van der Waals surface area contributed by atoms with Gasteiger partial charge in [0.1, 0.15) is 0 Å². The number of nitrogens with two attached hydrogens (primary N) is 1. The third kappa shape index (κ3) is 2.57. The average molecular weight is 184 g/mol. The lowest BCUT2D eigenvalue weighted by atomic mass is 9.97. The van der Waals surface area contributed by atoms with Gasteiger partial charge in [-0.2, -0.15) is 0 Å². The molecule has 0 saturated carbocycles. The molecule has 2 atom stereocenters. The topological polar surface area (TPSA) is 38.9 Å². The summed E-state index contributed by atoms with van der Waals surface area (Å²) in [5, 5.41) is 0. The van der Waals surface area contributed by atoms with Crippen molar-refractivity contribution in [3.05, 3.63) is 16.6 Å². The molecule has 0 aromatic carbocycles. The monoisotopic (exact) mass is 184 g/mol. The molecule has 12 heavy (non-hydrogen) atoms. The molecular weight excluding hydrogens is 168 g/mol. The lowest BCUT2D eigenvalue weighted by Crippen LogP contribution is -2.28. The Labute approximate surface area is 77.8 Å². The molecule has 1 heterocycles. The first-order valence-corrected chi connectivity index (χ1v) is 5.25. The predicted molar refractivity (Wildman–Crippen MR) is 53.2 cm³/mol. The van der Waals surface area contributed by atoms with Crippen LogP contribution in [0.5, 0.6) is 0 Å². The molecule has 0 aliphatic rings. The second-order valence-corrected chi connectivity index (χ2v) is 4.19. The molecule has 2 N–H and O–H groups in total. The second kappa shape index (κ2) is 4.58. The average Bonchev–Trinajstić information content (AvgIpc) is 2.55. The number of aromatic nitrogens is 1. The number of rotatable bonds is 4. The van der Waals surface area contributed by atoms with Gasteiger partial charge < -0.3 is 5.73 Å². The predicted octanol–water partition coefficient (Wildman–Crippen LogP) is 2.06. The Bertz CT molecular complexity index is 208. The van der Waals surface area contributed by atoms with Crippen LogP contribution in [0.1, 0.15) is 25.1 Å². The van der Waals surface area contributed by atoms with Crippen molar-refractivity contribution in [3.8, 4) is 0 Å². The van der Waals surface area contributed by atoms with Crippen LogP contribution in [0.25, 0.3) is 0 Å². The smallest absolute Gasteiger partial charge is 0.0794 e. The van der Waals surface area contributed by atoms with Gasteiger partial charge in [-0.15, -0.1) is 11.3 Å². The molecule has 2 nitrogen and oxygen atoms in total. The molecule has 2 unspecified atom stereocenters. The van der Waals surface area contributed by atoms with Crippen LogP contribution in [-0.4, -0.2) is 11.0 Å². The first-order chi connectivity index (χ1) is 5.74. The van der Waals surface area contributed by atoms with Gasteiger partial charge in [0.25, 0.3) is 0 Å². The minimum Gasteiger partial charge on any atom is -0.327 e. The van der Waals surface area contributed by atoms with E-state index in [1.165, 1.54) is 4.88 Å². The molecule has 3 heteroatoms. The van der Waals surface area contributed by atoms with E-state index in [2.05, 4.69) is 18.8 Å². The van der Waals surface area contributed by atoms with E-state index < -0.39 is 0 Å². The van der Waals surface area contributed by atoms with E-state index in [4.69, 9.17) is 5.73 Å². The summed E-state index contributed by atoms with van der Waals surface area (Å²) in [5.74, 6) is 0.565. The molecule has 1 aromatic heterocycles. The van der Waals surface area contributed by atoms with Crippen molar-refractivity contribution >= 4 is 11.3 Å². The van der Waals surface area contributed by atoms with Gasteiger partial charge in [-0.25, -0.2) is 0 Å². The van der Waals surface area contributed by atoms with Crippen LogP contribution >= 0.6 is 11.3 Å². The molecule has 0 saturated heterocycles. The minimum atomic E-state index is 0.326. The first kappa shape index (κ1) is 9.68. The normalized spacial score (nSPS) is 15.9. The maximum absolute atomic E-state index is 5.92. The van der Waals surface area contributed by atoms with Gasteiger partial charge in [-0.05, 0) is 18.8 Å². The molecule has 0 radical (unpaired) electrons. The summed E-state index contributed by atoms with van der Waals surface area (Å²) < 4.78 is 0. The SMILES string of the molecule is CCC(N)C(C)Cc1cncs1. The van der Waals surface area contributed by atoms with Crippen molar-refractivity contribution in [1.29, 1.82) is 0 Å².